The molecule has 0 saturated carbocycles. The number of sulfonamides is 1. The normalized spacial score (nSPS) is 13.3. The molecule has 0 bridgehead atoms. The van der Waals surface area contributed by atoms with Gasteiger partial charge >= 0.3 is 5.97 Å². The van der Waals surface area contributed by atoms with Crippen LogP contribution in [0.25, 0.3) is 6.08 Å². The van der Waals surface area contributed by atoms with Gasteiger partial charge in [-0.25, -0.2) is 17.9 Å². The average Bonchev–Trinajstić information content (AvgIpc) is 3.07. The van der Waals surface area contributed by atoms with E-state index in [0.29, 0.717) is 22.6 Å². The molecular weight excluding hydrogens is 358 g/mol. The topological polar surface area (TPSA) is 102 Å². The molecule has 0 unspecified atom stereocenters. The minimum atomic E-state index is -3.77. The fourth-order valence-corrected chi connectivity index (χ4v) is 3.78. The van der Waals surface area contributed by atoms with Crippen LogP contribution in [0, 0.1) is 6.92 Å². The molecule has 0 saturated heterocycles. The molecule has 0 aliphatic carbocycles. The smallest absolute Gasteiger partial charge is 0.328 e. The lowest BCUT2D eigenvalue weighted by atomic mass is 10.1. The van der Waals surface area contributed by atoms with Gasteiger partial charge in [-0.3, -0.25) is 0 Å². The van der Waals surface area contributed by atoms with Gasteiger partial charge in [-0.15, -0.1) is 0 Å². The minimum absolute atomic E-state index is 0.0909. The first kappa shape index (κ1) is 18.0. The number of aryl methyl sites for hydroxylation is 1. The number of fused-ring (bicyclic) bond motifs is 1. The van der Waals surface area contributed by atoms with Crippen molar-refractivity contribution in [3.8, 4) is 11.5 Å². The van der Waals surface area contributed by atoms with Crippen molar-refractivity contribution < 1.29 is 27.8 Å². The zero-order chi connectivity index (χ0) is 18.7. The first-order chi connectivity index (χ1) is 12.3. The van der Waals surface area contributed by atoms with Gasteiger partial charge in [0.1, 0.15) is 0 Å². The van der Waals surface area contributed by atoms with Crippen molar-refractivity contribution in [2.24, 2.45) is 0 Å². The van der Waals surface area contributed by atoms with E-state index in [-0.39, 0.29) is 18.2 Å². The molecule has 0 aromatic heterocycles. The molecule has 26 heavy (non-hydrogen) atoms. The molecule has 0 atom stereocenters. The summed E-state index contributed by atoms with van der Waals surface area (Å²) in [7, 11) is -3.77. The Morgan fingerprint density at radius 3 is 2.73 bits per heavy atom. The summed E-state index contributed by atoms with van der Waals surface area (Å²) < 4.78 is 38.3. The number of carbonyl (C=O) groups is 1. The molecule has 2 aromatic rings. The fraction of sp³-hybridized carbons (Fsp3) is 0.167. The quantitative estimate of drug-likeness (QED) is 0.751. The Hall–Kier alpha value is -2.84. The highest BCUT2D eigenvalue weighted by Gasteiger charge is 2.18. The van der Waals surface area contributed by atoms with Gasteiger partial charge in [0, 0.05) is 12.6 Å². The van der Waals surface area contributed by atoms with Gasteiger partial charge in [-0.1, -0.05) is 18.2 Å². The summed E-state index contributed by atoms with van der Waals surface area (Å²) in [5.41, 5.74) is 1.79. The number of carboxylic acid groups (broad SMARTS) is 1. The highest BCUT2D eigenvalue weighted by molar-refractivity contribution is 7.89. The molecule has 136 valence electrons. The van der Waals surface area contributed by atoms with E-state index < -0.39 is 16.0 Å². The second-order valence-corrected chi connectivity index (χ2v) is 7.44. The van der Waals surface area contributed by atoms with Crippen LogP contribution >= 0.6 is 0 Å². The van der Waals surface area contributed by atoms with Gasteiger partial charge in [0.2, 0.25) is 16.8 Å². The fourth-order valence-electron chi connectivity index (χ4n) is 2.48. The summed E-state index contributed by atoms with van der Waals surface area (Å²) >= 11 is 0. The van der Waals surface area contributed by atoms with Crippen molar-refractivity contribution in [1.29, 1.82) is 0 Å². The number of nitrogens with one attached hydrogen (secondary N) is 1. The summed E-state index contributed by atoms with van der Waals surface area (Å²) in [6, 6.07) is 9.95. The molecule has 7 nitrogen and oxygen atoms in total. The molecule has 0 fully saturated rings. The lowest BCUT2D eigenvalue weighted by Gasteiger charge is -2.11. The highest BCUT2D eigenvalue weighted by atomic mass is 32.2. The molecule has 0 amide bonds. The molecule has 2 N–H and O–H groups in total. The number of hydrogen-bond acceptors (Lipinski definition) is 5. The van der Waals surface area contributed by atoms with Gasteiger partial charge in [0.05, 0.1) is 4.90 Å². The maximum absolute atomic E-state index is 12.6. The Labute approximate surface area is 150 Å². The van der Waals surface area contributed by atoms with Crippen LogP contribution in [0.3, 0.4) is 0 Å². The summed E-state index contributed by atoms with van der Waals surface area (Å²) in [5.74, 6) is 0.111. The van der Waals surface area contributed by atoms with E-state index in [1.54, 1.807) is 37.3 Å². The van der Waals surface area contributed by atoms with Gasteiger partial charge in [0.15, 0.2) is 11.5 Å². The second-order valence-electron chi connectivity index (χ2n) is 5.71. The predicted octanol–water partition coefficient (Wildman–Crippen LogP) is 2.30. The maximum Gasteiger partial charge on any atom is 0.328 e. The van der Waals surface area contributed by atoms with E-state index in [4.69, 9.17) is 14.6 Å². The molecule has 1 heterocycles. The Balaban J connectivity index is 1.79. The zero-order valence-corrected chi connectivity index (χ0v) is 14.7. The van der Waals surface area contributed by atoms with E-state index in [2.05, 4.69) is 4.72 Å². The van der Waals surface area contributed by atoms with Crippen LogP contribution in [0.4, 0.5) is 0 Å². The van der Waals surface area contributed by atoms with Gasteiger partial charge in [0.25, 0.3) is 0 Å². The number of hydrogen-bond donors (Lipinski definition) is 2. The number of benzene rings is 2. The third-order valence-corrected chi connectivity index (χ3v) is 5.37. The SMILES string of the molecule is Cc1ccc(/C=C/C(=O)O)cc1S(=O)(=O)NCc1ccc2c(c1)OCO2. The van der Waals surface area contributed by atoms with E-state index in [1.807, 2.05) is 0 Å². The van der Waals surface area contributed by atoms with Crippen molar-refractivity contribution in [3.63, 3.8) is 0 Å². The van der Waals surface area contributed by atoms with Crippen molar-refractivity contribution in [2.75, 3.05) is 6.79 Å². The molecular formula is C18H17NO6S. The summed E-state index contributed by atoms with van der Waals surface area (Å²) in [6.07, 6.45) is 2.31. The Morgan fingerprint density at radius 1 is 1.19 bits per heavy atom. The van der Waals surface area contributed by atoms with Crippen molar-refractivity contribution in [3.05, 3.63) is 59.2 Å². The van der Waals surface area contributed by atoms with Crippen molar-refractivity contribution >= 4 is 22.1 Å². The van der Waals surface area contributed by atoms with Gasteiger partial charge in [-0.2, -0.15) is 0 Å². The standard InChI is InChI=1S/C18H17NO6S/c1-12-2-3-13(5-7-18(20)21)9-17(12)26(22,23)19-10-14-4-6-15-16(8-14)25-11-24-15/h2-9,19H,10-11H2,1H3,(H,20,21)/b7-5+. The van der Waals surface area contributed by atoms with Crippen LogP contribution in [0.15, 0.2) is 47.4 Å². The van der Waals surface area contributed by atoms with Crippen LogP contribution in [0.1, 0.15) is 16.7 Å². The lowest BCUT2D eigenvalue weighted by Crippen LogP contribution is -2.24. The number of carboxylic acids is 1. The van der Waals surface area contributed by atoms with Crippen LogP contribution in [0.2, 0.25) is 0 Å². The lowest BCUT2D eigenvalue weighted by molar-refractivity contribution is -0.131. The Morgan fingerprint density at radius 2 is 1.96 bits per heavy atom. The van der Waals surface area contributed by atoms with E-state index in [0.717, 1.165) is 11.6 Å². The number of aliphatic carboxylic acids is 1. The molecule has 3 rings (SSSR count). The summed E-state index contributed by atoms with van der Waals surface area (Å²) in [6.45, 7) is 1.92. The first-order valence-corrected chi connectivity index (χ1v) is 9.23. The van der Waals surface area contributed by atoms with Crippen LogP contribution in [0.5, 0.6) is 11.5 Å². The Kier molecular flexibility index (Phi) is 4.97. The third kappa shape index (κ3) is 4.04. The molecule has 0 spiro atoms. The number of ether oxygens (including phenoxy) is 2. The first-order valence-electron chi connectivity index (χ1n) is 7.75. The van der Waals surface area contributed by atoms with Gasteiger partial charge in [-0.05, 0) is 47.9 Å². The van der Waals surface area contributed by atoms with E-state index in [1.165, 1.54) is 12.1 Å². The molecule has 1 aliphatic rings. The predicted molar refractivity (Wildman–Crippen MR) is 94.4 cm³/mol. The summed E-state index contributed by atoms with van der Waals surface area (Å²) in [4.78, 5) is 10.7. The van der Waals surface area contributed by atoms with Crippen LogP contribution in [-0.4, -0.2) is 26.3 Å². The average molecular weight is 375 g/mol. The minimum Gasteiger partial charge on any atom is -0.478 e. The van der Waals surface area contributed by atoms with Crippen LogP contribution < -0.4 is 14.2 Å². The highest BCUT2D eigenvalue weighted by Crippen LogP contribution is 2.32. The zero-order valence-electron chi connectivity index (χ0n) is 13.9. The van der Waals surface area contributed by atoms with Crippen molar-refractivity contribution in [1.82, 2.24) is 4.72 Å². The van der Waals surface area contributed by atoms with Gasteiger partial charge < -0.3 is 14.6 Å². The second kappa shape index (κ2) is 7.19. The largest absolute Gasteiger partial charge is 0.478 e. The van der Waals surface area contributed by atoms with E-state index in [9.17, 15) is 13.2 Å². The molecule has 2 aromatic carbocycles. The molecule has 0 radical (unpaired) electrons. The van der Waals surface area contributed by atoms with E-state index >= 15 is 0 Å². The Bertz CT molecular complexity index is 981. The summed E-state index contributed by atoms with van der Waals surface area (Å²) in [5, 5.41) is 8.70. The third-order valence-electron chi connectivity index (χ3n) is 3.82. The number of rotatable bonds is 6. The monoisotopic (exact) mass is 375 g/mol. The van der Waals surface area contributed by atoms with Crippen molar-refractivity contribution in [2.45, 2.75) is 18.4 Å². The van der Waals surface area contributed by atoms with Crippen LogP contribution in [-0.2, 0) is 21.4 Å². The maximum atomic E-state index is 12.6. The molecule has 1 aliphatic heterocycles. The molecule has 8 heteroatoms.